The summed E-state index contributed by atoms with van der Waals surface area (Å²) in [5.74, 6) is -0.299. The zero-order valence-electron chi connectivity index (χ0n) is 20.5. The van der Waals surface area contributed by atoms with Crippen molar-refractivity contribution in [2.45, 2.75) is 13.0 Å². The maximum Gasteiger partial charge on any atom is 0.295 e. The SMILES string of the molecule is C=CCOc1cccc(C2/C(=C(/O)c3ccc(OCC)cc3)C(=O)C(=O)N2CCN2CCOCC2)c1. The van der Waals surface area contributed by atoms with Gasteiger partial charge in [-0.3, -0.25) is 14.5 Å². The lowest BCUT2D eigenvalue weighted by Crippen LogP contribution is -2.42. The second-order valence-electron chi connectivity index (χ2n) is 8.58. The number of carbonyl (C=O) groups is 2. The molecule has 2 aliphatic heterocycles. The van der Waals surface area contributed by atoms with Crippen LogP contribution in [0, 0.1) is 0 Å². The molecule has 0 bridgehead atoms. The van der Waals surface area contributed by atoms with Gasteiger partial charge in [-0.2, -0.15) is 0 Å². The summed E-state index contributed by atoms with van der Waals surface area (Å²) in [5, 5.41) is 11.3. The summed E-state index contributed by atoms with van der Waals surface area (Å²) < 4.78 is 16.6. The van der Waals surface area contributed by atoms with E-state index in [9.17, 15) is 14.7 Å². The first kappa shape index (κ1) is 25.5. The third kappa shape index (κ3) is 5.61. The Kier molecular flexibility index (Phi) is 8.40. The van der Waals surface area contributed by atoms with Gasteiger partial charge in [-0.15, -0.1) is 0 Å². The monoisotopic (exact) mass is 492 g/mol. The number of aliphatic hydroxyl groups is 1. The van der Waals surface area contributed by atoms with Crippen LogP contribution in [0.4, 0.5) is 0 Å². The van der Waals surface area contributed by atoms with Gasteiger partial charge in [0.2, 0.25) is 0 Å². The van der Waals surface area contributed by atoms with Crippen LogP contribution in [0.1, 0.15) is 24.1 Å². The molecular formula is C28H32N2O6. The average Bonchev–Trinajstić information content (AvgIpc) is 3.16. The normalized spacial score (nSPS) is 19.9. The number of hydrogen-bond donors (Lipinski definition) is 1. The van der Waals surface area contributed by atoms with E-state index in [2.05, 4.69) is 11.5 Å². The van der Waals surface area contributed by atoms with Crippen LogP contribution in [0.5, 0.6) is 11.5 Å². The van der Waals surface area contributed by atoms with Crippen molar-refractivity contribution in [2.24, 2.45) is 0 Å². The van der Waals surface area contributed by atoms with E-state index in [-0.39, 0.29) is 11.3 Å². The fourth-order valence-corrected chi connectivity index (χ4v) is 4.49. The summed E-state index contributed by atoms with van der Waals surface area (Å²) in [5.41, 5.74) is 1.19. The molecule has 0 aromatic heterocycles. The van der Waals surface area contributed by atoms with Crippen molar-refractivity contribution >= 4 is 17.4 Å². The van der Waals surface area contributed by atoms with Crippen LogP contribution in [0.3, 0.4) is 0 Å². The molecule has 8 heteroatoms. The van der Waals surface area contributed by atoms with Crippen molar-refractivity contribution in [2.75, 3.05) is 52.6 Å². The predicted molar refractivity (Wildman–Crippen MR) is 136 cm³/mol. The van der Waals surface area contributed by atoms with Gasteiger partial charge in [0.05, 0.1) is 31.4 Å². The summed E-state index contributed by atoms with van der Waals surface area (Å²) in [6.45, 7) is 10.2. The Morgan fingerprint density at radius 2 is 1.83 bits per heavy atom. The van der Waals surface area contributed by atoms with E-state index in [0.717, 1.165) is 13.1 Å². The van der Waals surface area contributed by atoms with Crippen LogP contribution in [0.25, 0.3) is 5.76 Å². The molecule has 1 amide bonds. The van der Waals surface area contributed by atoms with Crippen molar-refractivity contribution in [3.05, 3.63) is 77.9 Å². The van der Waals surface area contributed by atoms with E-state index < -0.39 is 17.7 Å². The number of likely N-dealkylation sites (tertiary alicyclic amines) is 1. The zero-order valence-corrected chi connectivity index (χ0v) is 20.5. The largest absolute Gasteiger partial charge is 0.507 e. The Morgan fingerprint density at radius 3 is 2.53 bits per heavy atom. The Bertz CT molecular complexity index is 1120. The van der Waals surface area contributed by atoms with Crippen LogP contribution in [-0.2, 0) is 14.3 Å². The number of rotatable bonds is 10. The number of ether oxygens (including phenoxy) is 3. The van der Waals surface area contributed by atoms with Gasteiger partial charge in [-0.05, 0) is 48.9 Å². The molecule has 1 atom stereocenters. The molecule has 1 unspecified atom stereocenters. The average molecular weight is 493 g/mol. The maximum atomic E-state index is 13.3. The summed E-state index contributed by atoms with van der Waals surface area (Å²) in [6, 6.07) is 13.3. The Balaban J connectivity index is 1.72. The van der Waals surface area contributed by atoms with Gasteiger partial charge in [0.15, 0.2) is 0 Å². The highest BCUT2D eigenvalue weighted by molar-refractivity contribution is 6.46. The van der Waals surface area contributed by atoms with Crippen LogP contribution in [0.15, 0.2) is 66.8 Å². The van der Waals surface area contributed by atoms with Gasteiger partial charge >= 0.3 is 0 Å². The molecule has 2 aliphatic rings. The quantitative estimate of drug-likeness (QED) is 0.235. The van der Waals surface area contributed by atoms with E-state index >= 15 is 0 Å². The minimum absolute atomic E-state index is 0.0620. The number of Topliss-reactive ketones (excluding diaryl/α,β-unsaturated/α-hetero) is 1. The highest BCUT2D eigenvalue weighted by Crippen LogP contribution is 2.40. The second kappa shape index (κ2) is 11.9. The van der Waals surface area contributed by atoms with E-state index in [4.69, 9.17) is 14.2 Å². The number of amides is 1. The molecule has 4 rings (SSSR count). The van der Waals surface area contributed by atoms with E-state index in [0.29, 0.717) is 62.1 Å². The number of ketones is 1. The van der Waals surface area contributed by atoms with Crippen molar-refractivity contribution in [1.29, 1.82) is 0 Å². The molecular weight excluding hydrogens is 460 g/mol. The van der Waals surface area contributed by atoms with E-state index in [1.807, 2.05) is 19.1 Å². The van der Waals surface area contributed by atoms with Gasteiger partial charge in [-0.25, -0.2) is 0 Å². The van der Waals surface area contributed by atoms with Crippen molar-refractivity contribution < 1.29 is 28.9 Å². The lowest BCUT2D eigenvalue weighted by Gasteiger charge is -2.31. The number of benzene rings is 2. The minimum atomic E-state index is -0.745. The van der Waals surface area contributed by atoms with Crippen molar-refractivity contribution in [3.8, 4) is 11.5 Å². The molecule has 2 saturated heterocycles. The lowest BCUT2D eigenvalue weighted by atomic mass is 9.95. The van der Waals surface area contributed by atoms with E-state index in [1.165, 1.54) is 0 Å². The number of hydrogen-bond acceptors (Lipinski definition) is 7. The molecule has 0 radical (unpaired) electrons. The third-order valence-corrected chi connectivity index (χ3v) is 6.28. The molecule has 2 fully saturated rings. The summed E-state index contributed by atoms with van der Waals surface area (Å²) >= 11 is 0. The third-order valence-electron chi connectivity index (χ3n) is 6.28. The molecule has 190 valence electrons. The molecule has 36 heavy (non-hydrogen) atoms. The number of aliphatic hydroxyl groups excluding tert-OH is 1. The molecule has 1 N–H and O–H groups in total. The minimum Gasteiger partial charge on any atom is -0.507 e. The van der Waals surface area contributed by atoms with Crippen molar-refractivity contribution in [1.82, 2.24) is 9.80 Å². The zero-order chi connectivity index (χ0) is 25.5. The number of nitrogens with zero attached hydrogens (tertiary/aromatic N) is 2. The van der Waals surface area contributed by atoms with Crippen LogP contribution in [0.2, 0.25) is 0 Å². The second-order valence-corrected chi connectivity index (χ2v) is 8.58. The van der Waals surface area contributed by atoms with E-state index in [1.54, 1.807) is 47.4 Å². The molecule has 2 heterocycles. The number of morpholine rings is 1. The molecule has 0 aliphatic carbocycles. The van der Waals surface area contributed by atoms with Crippen molar-refractivity contribution in [3.63, 3.8) is 0 Å². The van der Waals surface area contributed by atoms with Crippen LogP contribution in [-0.4, -0.2) is 79.2 Å². The smallest absolute Gasteiger partial charge is 0.295 e. The molecule has 0 spiro atoms. The topological polar surface area (TPSA) is 88.5 Å². The van der Waals surface area contributed by atoms with Gasteiger partial charge in [0.1, 0.15) is 23.9 Å². The van der Waals surface area contributed by atoms with Crippen LogP contribution < -0.4 is 9.47 Å². The summed E-state index contributed by atoms with van der Waals surface area (Å²) in [4.78, 5) is 30.3. The lowest BCUT2D eigenvalue weighted by molar-refractivity contribution is -0.140. The molecule has 2 aromatic rings. The highest BCUT2D eigenvalue weighted by atomic mass is 16.5. The maximum absolute atomic E-state index is 13.3. The number of carbonyl (C=O) groups excluding carboxylic acids is 2. The summed E-state index contributed by atoms with van der Waals surface area (Å²) in [6.07, 6.45) is 1.65. The fourth-order valence-electron chi connectivity index (χ4n) is 4.49. The Hall–Kier alpha value is -3.62. The highest BCUT2D eigenvalue weighted by Gasteiger charge is 2.46. The first-order valence-electron chi connectivity index (χ1n) is 12.2. The van der Waals surface area contributed by atoms with Gasteiger partial charge in [0, 0.05) is 31.7 Å². The van der Waals surface area contributed by atoms with Gasteiger partial charge in [-0.1, -0.05) is 24.8 Å². The molecule has 0 saturated carbocycles. The first-order valence-corrected chi connectivity index (χ1v) is 12.2. The standard InChI is InChI=1S/C28H32N2O6/c1-3-16-36-23-7-5-6-21(19-23)25-24(26(31)20-8-10-22(11-9-20)35-4-2)27(32)28(33)30(25)13-12-29-14-17-34-18-15-29/h3,5-11,19,25,31H,1,4,12-18H2,2H3/b26-24-. The molecule has 8 nitrogen and oxygen atoms in total. The summed E-state index contributed by atoms with van der Waals surface area (Å²) in [7, 11) is 0. The molecule has 2 aromatic carbocycles. The van der Waals surface area contributed by atoms with Gasteiger partial charge in [0.25, 0.3) is 11.7 Å². The van der Waals surface area contributed by atoms with Crippen LogP contribution >= 0.6 is 0 Å². The Labute approximate surface area is 211 Å². The first-order chi connectivity index (χ1) is 17.5. The van der Waals surface area contributed by atoms with Gasteiger partial charge < -0.3 is 24.2 Å². The predicted octanol–water partition coefficient (Wildman–Crippen LogP) is 3.40. The Morgan fingerprint density at radius 1 is 1.08 bits per heavy atom. The fraction of sp³-hybridized carbons (Fsp3) is 0.357.